The van der Waals surface area contributed by atoms with Gasteiger partial charge in [0.1, 0.15) is 6.33 Å². The van der Waals surface area contributed by atoms with E-state index in [0.29, 0.717) is 5.02 Å². The van der Waals surface area contributed by atoms with E-state index < -0.39 is 0 Å². The van der Waals surface area contributed by atoms with Gasteiger partial charge in [-0.1, -0.05) is 30.3 Å². The summed E-state index contributed by atoms with van der Waals surface area (Å²) in [6, 6.07) is 13.8. The number of rotatable bonds is 4. The average molecular weight is 365 g/mol. The summed E-state index contributed by atoms with van der Waals surface area (Å²) in [5.41, 5.74) is 4.07. The zero-order chi connectivity index (χ0) is 17.2. The summed E-state index contributed by atoms with van der Waals surface area (Å²) in [5.74, 6) is 0.732. The van der Waals surface area contributed by atoms with Crippen LogP contribution in [0, 0.1) is 0 Å². The van der Waals surface area contributed by atoms with Gasteiger partial charge in [-0.25, -0.2) is 0 Å². The SMILES string of the molecule is C=C(c1ccc(Cl)cc1)c1cc(-c2ccncc2)sc1-c1nnc[nH]1. The fourth-order valence-electron chi connectivity index (χ4n) is 2.57. The van der Waals surface area contributed by atoms with Crippen LogP contribution in [0.3, 0.4) is 0 Å². The van der Waals surface area contributed by atoms with Gasteiger partial charge in [-0.3, -0.25) is 4.98 Å². The van der Waals surface area contributed by atoms with E-state index in [4.69, 9.17) is 11.6 Å². The summed E-state index contributed by atoms with van der Waals surface area (Å²) in [6.07, 6.45) is 5.16. The summed E-state index contributed by atoms with van der Waals surface area (Å²) in [4.78, 5) is 9.30. The van der Waals surface area contributed by atoms with E-state index in [1.807, 2.05) is 36.4 Å². The number of nitrogens with one attached hydrogen (secondary N) is 1. The van der Waals surface area contributed by atoms with E-state index in [-0.39, 0.29) is 0 Å². The molecule has 0 fully saturated rings. The fourth-order valence-corrected chi connectivity index (χ4v) is 3.84. The standard InChI is InChI=1S/C19H13ClN4S/c1-12(13-2-4-15(20)5-3-13)16-10-17(14-6-8-21-9-7-14)25-18(16)19-22-11-23-24-19/h2-11H,1H2,(H,22,23,24). The van der Waals surface area contributed by atoms with Crippen molar-refractivity contribution in [1.82, 2.24) is 20.2 Å². The Morgan fingerprint density at radius 3 is 2.52 bits per heavy atom. The first-order valence-corrected chi connectivity index (χ1v) is 8.77. The van der Waals surface area contributed by atoms with Gasteiger partial charge in [-0.2, -0.15) is 0 Å². The first-order chi connectivity index (χ1) is 12.2. The van der Waals surface area contributed by atoms with Crippen LogP contribution in [0.4, 0.5) is 0 Å². The molecule has 4 aromatic rings. The number of halogens is 1. The number of nitrogens with zero attached hydrogens (tertiary/aromatic N) is 3. The van der Waals surface area contributed by atoms with Crippen LogP contribution in [0.5, 0.6) is 0 Å². The molecule has 4 nitrogen and oxygen atoms in total. The highest BCUT2D eigenvalue weighted by Gasteiger charge is 2.17. The quantitative estimate of drug-likeness (QED) is 0.533. The molecule has 3 heterocycles. The first kappa shape index (κ1) is 15.7. The van der Waals surface area contributed by atoms with Gasteiger partial charge >= 0.3 is 0 Å². The number of hydrogen-bond acceptors (Lipinski definition) is 4. The lowest BCUT2D eigenvalue weighted by atomic mass is 9.99. The van der Waals surface area contributed by atoms with E-state index in [1.165, 1.54) is 0 Å². The summed E-state index contributed by atoms with van der Waals surface area (Å²) < 4.78 is 0. The van der Waals surface area contributed by atoms with Crippen LogP contribution in [0.1, 0.15) is 11.1 Å². The smallest absolute Gasteiger partial charge is 0.171 e. The number of pyridine rings is 1. The maximum absolute atomic E-state index is 6.00. The van der Waals surface area contributed by atoms with Crippen molar-refractivity contribution in [2.75, 3.05) is 0 Å². The number of hydrogen-bond donors (Lipinski definition) is 1. The van der Waals surface area contributed by atoms with Crippen LogP contribution in [0.2, 0.25) is 5.02 Å². The minimum atomic E-state index is 0.704. The molecular weight excluding hydrogens is 352 g/mol. The average Bonchev–Trinajstić information content (AvgIpc) is 3.32. The molecule has 0 amide bonds. The van der Waals surface area contributed by atoms with Gasteiger partial charge in [0.2, 0.25) is 0 Å². The molecule has 0 saturated carbocycles. The van der Waals surface area contributed by atoms with E-state index in [2.05, 4.69) is 32.8 Å². The van der Waals surface area contributed by atoms with Crippen molar-refractivity contribution in [2.45, 2.75) is 0 Å². The molecule has 25 heavy (non-hydrogen) atoms. The Morgan fingerprint density at radius 2 is 1.84 bits per heavy atom. The lowest BCUT2D eigenvalue weighted by Gasteiger charge is -2.06. The molecule has 3 aromatic heterocycles. The third kappa shape index (κ3) is 3.12. The Bertz CT molecular complexity index is 1010. The van der Waals surface area contributed by atoms with Crippen molar-refractivity contribution in [3.8, 4) is 21.1 Å². The predicted molar refractivity (Wildman–Crippen MR) is 103 cm³/mol. The highest BCUT2D eigenvalue weighted by Crippen LogP contribution is 2.41. The number of H-pyrrole nitrogens is 1. The zero-order valence-corrected chi connectivity index (χ0v) is 14.7. The molecule has 4 rings (SSSR count). The molecule has 0 unspecified atom stereocenters. The van der Waals surface area contributed by atoms with Gasteiger partial charge in [0, 0.05) is 27.9 Å². The second-order valence-electron chi connectivity index (χ2n) is 5.41. The first-order valence-electron chi connectivity index (χ1n) is 7.58. The molecule has 1 N–H and O–H groups in total. The van der Waals surface area contributed by atoms with E-state index in [9.17, 15) is 0 Å². The van der Waals surface area contributed by atoms with Gasteiger partial charge in [0.15, 0.2) is 5.82 Å². The van der Waals surface area contributed by atoms with Crippen molar-refractivity contribution in [3.05, 3.63) is 83.9 Å². The minimum absolute atomic E-state index is 0.704. The Labute approximate surface area is 153 Å². The van der Waals surface area contributed by atoms with Crippen molar-refractivity contribution in [2.24, 2.45) is 0 Å². The summed E-state index contributed by atoms with van der Waals surface area (Å²) in [6.45, 7) is 4.29. The molecule has 0 aliphatic heterocycles. The molecule has 0 radical (unpaired) electrons. The number of aromatic amines is 1. The van der Waals surface area contributed by atoms with Crippen LogP contribution in [0.25, 0.3) is 26.7 Å². The third-order valence-corrected chi connectivity index (χ3v) is 5.29. The van der Waals surface area contributed by atoms with Crippen molar-refractivity contribution >= 4 is 28.5 Å². The predicted octanol–water partition coefficient (Wildman–Crippen LogP) is 5.31. The lowest BCUT2D eigenvalue weighted by Crippen LogP contribution is -1.88. The molecule has 0 spiro atoms. The van der Waals surface area contributed by atoms with Crippen LogP contribution >= 0.6 is 22.9 Å². The highest BCUT2D eigenvalue weighted by molar-refractivity contribution is 7.19. The number of thiophene rings is 1. The molecule has 0 bridgehead atoms. The highest BCUT2D eigenvalue weighted by atomic mass is 35.5. The normalized spacial score (nSPS) is 10.8. The molecule has 122 valence electrons. The number of benzene rings is 1. The second-order valence-corrected chi connectivity index (χ2v) is 6.90. The third-order valence-electron chi connectivity index (χ3n) is 3.85. The molecule has 0 atom stereocenters. The van der Waals surface area contributed by atoms with Crippen LogP contribution < -0.4 is 0 Å². The minimum Gasteiger partial charge on any atom is -0.327 e. The van der Waals surface area contributed by atoms with Gasteiger partial charge in [0.05, 0.1) is 4.88 Å². The Hall–Kier alpha value is -2.76. The maximum atomic E-state index is 6.00. The Balaban J connectivity index is 1.84. The summed E-state index contributed by atoms with van der Waals surface area (Å²) in [7, 11) is 0. The van der Waals surface area contributed by atoms with Crippen LogP contribution in [-0.2, 0) is 0 Å². The van der Waals surface area contributed by atoms with Crippen LogP contribution in [0.15, 0.2) is 67.8 Å². The van der Waals surface area contributed by atoms with Gasteiger partial charge < -0.3 is 4.98 Å². The van der Waals surface area contributed by atoms with E-state index in [1.54, 1.807) is 30.1 Å². The molecule has 0 saturated heterocycles. The molecule has 6 heteroatoms. The van der Waals surface area contributed by atoms with Crippen molar-refractivity contribution in [1.29, 1.82) is 0 Å². The van der Waals surface area contributed by atoms with Crippen molar-refractivity contribution in [3.63, 3.8) is 0 Å². The van der Waals surface area contributed by atoms with E-state index in [0.717, 1.165) is 37.8 Å². The van der Waals surface area contributed by atoms with Gasteiger partial charge in [-0.05, 0) is 47.0 Å². The molecule has 0 aliphatic carbocycles. The lowest BCUT2D eigenvalue weighted by molar-refractivity contribution is 1.10. The molecule has 0 aliphatic rings. The summed E-state index contributed by atoms with van der Waals surface area (Å²) >= 11 is 7.65. The van der Waals surface area contributed by atoms with Gasteiger partial charge in [-0.15, -0.1) is 21.5 Å². The Kier molecular flexibility index (Phi) is 4.17. The summed E-state index contributed by atoms with van der Waals surface area (Å²) in [5, 5.41) is 8.79. The zero-order valence-electron chi connectivity index (χ0n) is 13.1. The Morgan fingerprint density at radius 1 is 1.08 bits per heavy atom. The maximum Gasteiger partial charge on any atom is 0.171 e. The van der Waals surface area contributed by atoms with Crippen LogP contribution in [-0.4, -0.2) is 20.2 Å². The topological polar surface area (TPSA) is 54.5 Å². The monoisotopic (exact) mass is 364 g/mol. The van der Waals surface area contributed by atoms with Crippen molar-refractivity contribution < 1.29 is 0 Å². The van der Waals surface area contributed by atoms with Gasteiger partial charge in [0.25, 0.3) is 0 Å². The second kappa shape index (κ2) is 6.63. The van der Waals surface area contributed by atoms with E-state index >= 15 is 0 Å². The number of aromatic nitrogens is 4. The molecular formula is C19H13ClN4S. The molecule has 1 aromatic carbocycles. The largest absolute Gasteiger partial charge is 0.327 e. The fraction of sp³-hybridized carbons (Fsp3) is 0.